The Balaban J connectivity index is 2.28. The smallest absolute Gasteiger partial charge is 0.231 e. The SMILES string of the molecule is CCCC(NC)C(=O)c1cccc2c1OCO2. The van der Waals surface area contributed by atoms with Crippen molar-refractivity contribution >= 4 is 5.78 Å². The first kappa shape index (κ1) is 11.9. The molecule has 1 aromatic carbocycles. The van der Waals surface area contributed by atoms with Crippen LogP contribution in [-0.4, -0.2) is 25.7 Å². The van der Waals surface area contributed by atoms with Crippen LogP contribution in [0.1, 0.15) is 30.1 Å². The van der Waals surface area contributed by atoms with Crippen LogP contribution >= 0.6 is 0 Å². The molecule has 1 aliphatic heterocycles. The summed E-state index contributed by atoms with van der Waals surface area (Å²) in [5, 5.41) is 3.05. The zero-order valence-corrected chi connectivity index (χ0v) is 10.2. The van der Waals surface area contributed by atoms with Gasteiger partial charge in [0.1, 0.15) is 0 Å². The summed E-state index contributed by atoms with van der Waals surface area (Å²) in [6.07, 6.45) is 1.78. The number of ether oxygens (including phenoxy) is 2. The second-order valence-corrected chi connectivity index (χ2v) is 4.03. The van der Waals surface area contributed by atoms with Crippen LogP contribution in [0.15, 0.2) is 18.2 Å². The lowest BCUT2D eigenvalue weighted by atomic mass is 9.99. The van der Waals surface area contributed by atoms with Crippen molar-refractivity contribution in [3.05, 3.63) is 23.8 Å². The summed E-state index contributed by atoms with van der Waals surface area (Å²) in [7, 11) is 1.80. The molecule has 0 amide bonds. The predicted octanol–water partition coefficient (Wildman–Crippen LogP) is 1.99. The third kappa shape index (κ3) is 2.26. The molecule has 1 aromatic rings. The topological polar surface area (TPSA) is 47.6 Å². The molecule has 0 fully saturated rings. The van der Waals surface area contributed by atoms with Gasteiger partial charge in [-0.25, -0.2) is 0 Å². The lowest BCUT2D eigenvalue weighted by molar-refractivity contribution is 0.0937. The van der Waals surface area contributed by atoms with E-state index in [2.05, 4.69) is 12.2 Å². The number of carbonyl (C=O) groups excluding carboxylic acids is 1. The summed E-state index contributed by atoms with van der Waals surface area (Å²) in [5.41, 5.74) is 0.604. The van der Waals surface area contributed by atoms with E-state index in [0.29, 0.717) is 17.1 Å². The number of hydrogen-bond donors (Lipinski definition) is 1. The molecule has 1 heterocycles. The van der Waals surface area contributed by atoms with Gasteiger partial charge in [0.15, 0.2) is 17.3 Å². The van der Waals surface area contributed by atoms with E-state index in [9.17, 15) is 4.79 Å². The number of hydrogen-bond acceptors (Lipinski definition) is 4. The Morgan fingerprint density at radius 1 is 1.47 bits per heavy atom. The quantitative estimate of drug-likeness (QED) is 0.793. The number of ketones is 1. The molecule has 1 atom stereocenters. The first-order valence-corrected chi connectivity index (χ1v) is 5.88. The lowest BCUT2D eigenvalue weighted by Gasteiger charge is -2.14. The highest BCUT2D eigenvalue weighted by molar-refractivity contribution is 6.03. The van der Waals surface area contributed by atoms with Gasteiger partial charge >= 0.3 is 0 Å². The molecular formula is C13H17NO3. The number of para-hydroxylation sites is 1. The number of rotatable bonds is 5. The number of fused-ring (bicyclic) bond motifs is 1. The minimum absolute atomic E-state index is 0.0664. The maximum absolute atomic E-state index is 12.3. The highest BCUT2D eigenvalue weighted by atomic mass is 16.7. The Bertz CT molecular complexity index is 417. The average Bonchev–Trinajstić information content (AvgIpc) is 2.83. The molecule has 0 saturated carbocycles. The van der Waals surface area contributed by atoms with Gasteiger partial charge in [-0.1, -0.05) is 19.4 Å². The number of benzene rings is 1. The molecule has 0 bridgehead atoms. The van der Waals surface area contributed by atoms with Gasteiger partial charge in [-0.15, -0.1) is 0 Å². The Morgan fingerprint density at radius 2 is 2.29 bits per heavy atom. The molecule has 0 saturated heterocycles. The molecule has 0 aromatic heterocycles. The van der Waals surface area contributed by atoms with E-state index in [0.717, 1.165) is 12.8 Å². The summed E-state index contributed by atoms with van der Waals surface area (Å²) < 4.78 is 10.6. The van der Waals surface area contributed by atoms with Crippen LogP contribution in [0.3, 0.4) is 0 Å². The summed E-state index contributed by atoms with van der Waals surface area (Å²) in [4.78, 5) is 12.3. The fourth-order valence-corrected chi connectivity index (χ4v) is 2.01. The Hall–Kier alpha value is -1.55. The van der Waals surface area contributed by atoms with Crippen LogP contribution in [0, 0.1) is 0 Å². The Morgan fingerprint density at radius 3 is 3.00 bits per heavy atom. The van der Waals surface area contributed by atoms with Gasteiger partial charge in [0, 0.05) is 0 Å². The van der Waals surface area contributed by atoms with Gasteiger partial charge in [-0.2, -0.15) is 0 Å². The fourth-order valence-electron chi connectivity index (χ4n) is 2.01. The van der Waals surface area contributed by atoms with Crippen molar-refractivity contribution in [1.82, 2.24) is 5.32 Å². The standard InChI is InChI=1S/C13H17NO3/c1-3-5-10(14-2)12(15)9-6-4-7-11-13(9)17-8-16-11/h4,6-7,10,14H,3,5,8H2,1-2H3. The monoisotopic (exact) mass is 235 g/mol. The molecule has 2 rings (SSSR count). The third-order valence-electron chi connectivity index (χ3n) is 2.90. The van der Waals surface area contributed by atoms with Crippen molar-refractivity contribution in [2.24, 2.45) is 0 Å². The van der Waals surface area contributed by atoms with Gasteiger partial charge in [0.25, 0.3) is 0 Å². The minimum Gasteiger partial charge on any atom is -0.454 e. The fraction of sp³-hybridized carbons (Fsp3) is 0.462. The lowest BCUT2D eigenvalue weighted by Crippen LogP contribution is -2.34. The van der Waals surface area contributed by atoms with E-state index >= 15 is 0 Å². The average molecular weight is 235 g/mol. The van der Waals surface area contributed by atoms with Crippen molar-refractivity contribution < 1.29 is 14.3 Å². The van der Waals surface area contributed by atoms with Crippen LogP contribution in [0.2, 0.25) is 0 Å². The van der Waals surface area contributed by atoms with E-state index in [1.807, 2.05) is 12.1 Å². The third-order valence-corrected chi connectivity index (χ3v) is 2.90. The van der Waals surface area contributed by atoms with E-state index in [-0.39, 0.29) is 18.6 Å². The molecule has 17 heavy (non-hydrogen) atoms. The van der Waals surface area contributed by atoms with Gasteiger partial charge in [0.2, 0.25) is 6.79 Å². The second kappa shape index (κ2) is 5.19. The zero-order chi connectivity index (χ0) is 12.3. The normalized spacial score (nSPS) is 14.7. The van der Waals surface area contributed by atoms with Gasteiger partial charge < -0.3 is 14.8 Å². The van der Waals surface area contributed by atoms with Crippen LogP contribution in [0.4, 0.5) is 0 Å². The van der Waals surface area contributed by atoms with Crippen LogP contribution in [0.5, 0.6) is 11.5 Å². The highest BCUT2D eigenvalue weighted by Crippen LogP contribution is 2.36. The van der Waals surface area contributed by atoms with Crippen molar-refractivity contribution in [1.29, 1.82) is 0 Å². The maximum atomic E-state index is 12.3. The molecule has 1 aliphatic rings. The van der Waals surface area contributed by atoms with Gasteiger partial charge in [-0.05, 0) is 25.6 Å². The first-order valence-electron chi connectivity index (χ1n) is 5.88. The highest BCUT2D eigenvalue weighted by Gasteiger charge is 2.25. The summed E-state index contributed by atoms with van der Waals surface area (Å²) in [6, 6.07) is 5.26. The largest absolute Gasteiger partial charge is 0.454 e. The summed E-state index contributed by atoms with van der Waals surface area (Å²) in [6.45, 7) is 2.25. The molecule has 1 unspecified atom stereocenters. The number of Topliss-reactive ketones (excluding diaryl/α,β-unsaturated/α-hetero) is 1. The van der Waals surface area contributed by atoms with E-state index in [4.69, 9.17) is 9.47 Å². The predicted molar refractivity (Wildman–Crippen MR) is 64.7 cm³/mol. The van der Waals surface area contributed by atoms with Crippen LogP contribution in [-0.2, 0) is 0 Å². The Labute approximate surface area is 101 Å². The summed E-state index contributed by atoms with van der Waals surface area (Å²) in [5.74, 6) is 1.30. The molecule has 4 nitrogen and oxygen atoms in total. The van der Waals surface area contributed by atoms with Gasteiger partial charge in [-0.3, -0.25) is 4.79 Å². The molecule has 1 N–H and O–H groups in total. The van der Waals surface area contributed by atoms with Crippen LogP contribution < -0.4 is 14.8 Å². The molecule has 0 aliphatic carbocycles. The molecule has 0 spiro atoms. The molecule has 92 valence electrons. The summed E-state index contributed by atoms with van der Waals surface area (Å²) >= 11 is 0. The van der Waals surface area contributed by atoms with Crippen molar-refractivity contribution in [3.8, 4) is 11.5 Å². The van der Waals surface area contributed by atoms with E-state index in [1.54, 1.807) is 13.1 Å². The minimum atomic E-state index is -0.157. The molecular weight excluding hydrogens is 218 g/mol. The van der Waals surface area contributed by atoms with Gasteiger partial charge in [0.05, 0.1) is 11.6 Å². The number of nitrogens with one attached hydrogen (secondary N) is 1. The molecule has 0 radical (unpaired) electrons. The number of carbonyl (C=O) groups is 1. The van der Waals surface area contributed by atoms with E-state index < -0.39 is 0 Å². The van der Waals surface area contributed by atoms with Crippen molar-refractivity contribution in [2.45, 2.75) is 25.8 Å². The van der Waals surface area contributed by atoms with Crippen molar-refractivity contribution in [3.63, 3.8) is 0 Å². The second-order valence-electron chi connectivity index (χ2n) is 4.03. The Kier molecular flexibility index (Phi) is 3.64. The maximum Gasteiger partial charge on any atom is 0.231 e. The first-order chi connectivity index (χ1) is 8.27. The van der Waals surface area contributed by atoms with Crippen molar-refractivity contribution in [2.75, 3.05) is 13.8 Å². The zero-order valence-electron chi connectivity index (χ0n) is 10.2. The number of likely N-dealkylation sites (N-methyl/N-ethyl adjacent to an activating group) is 1. The van der Waals surface area contributed by atoms with Crippen LogP contribution in [0.25, 0.3) is 0 Å². The molecule has 4 heteroatoms. The van der Waals surface area contributed by atoms with E-state index in [1.165, 1.54) is 0 Å².